The summed E-state index contributed by atoms with van der Waals surface area (Å²) in [6.45, 7) is -0.311. The molecule has 0 aromatic heterocycles. The van der Waals surface area contributed by atoms with E-state index >= 15 is 0 Å². The third-order valence-corrected chi connectivity index (χ3v) is 6.61. The predicted molar refractivity (Wildman–Crippen MR) is 98.3 cm³/mol. The van der Waals surface area contributed by atoms with Gasteiger partial charge in [-0.05, 0) is 42.5 Å². The fraction of sp³-hybridized carbons (Fsp3) is 0.333. The lowest BCUT2D eigenvalue weighted by atomic mass is 10.1. The van der Waals surface area contributed by atoms with E-state index in [0.29, 0.717) is 17.8 Å². The van der Waals surface area contributed by atoms with E-state index in [-0.39, 0.29) is 42.8 Å². The molecule has 0 amide bonds. The van der Waals surface area contributed by atoms with Gasteiger partial charge in [-0.15, -0.1) is 0 Å². The number of hydrogen-bond acceptors (Lipinski definition) is 4. The Labute approximate surface area is 168 Å². The largest absolute Gasteiger partial charge is 0.416 e. The highest BCUT2D eigenvalue weighted by Crippen LogP contribution is 2.38. The van der Waals surface area contributed by atoms with Gasteiger partial charge in [-0.25, -0.2) is 8.42 Å². The standard InChI is InChI=1S/C18H17F6N3O2S/c19-17(20,21)12-9-13(18(22,23)24)11-15(10-12)26-5-7-27(8-6-26)30(28,29)16-3-1-14(25)2-4-16/h1-4,9-11H,5-8,25H2. The van der Waals surface area contributed by atoms with Crippen LogP contribution in [0.25, 0.3) is 0 Å². The van der Waals surface area contributed by atoms with Gasteiger partial charge in [-0.2, -0.15) is 30.6 Å². The van der Waals surface area contributed by atoms with Crippen LogP contribution in [0.4, 0.5) is 37.7 Å². The summed E-state index contributed by atoms with van der Waals surface area (Å²) in [5.74, 6) is 0. The van der Waals surface area contributed by atoms with Crippen LogP contribution in [0.5, 0.6) is 0 Å². The van der Waals surface area contributed by atoms with Gasteiger partial charge in [0.2, 0.25) is 10.0 Å². The summed E-state index contributed by atoms with van der Waals surface area (Å²) >= 11 is 0. The average molecular weight is 453 g/mol. The van der Waals surface area contributed by atoms with Crippen molar-refractivity contribution in [3.8, 4) is 0 Å². The monoisotopic (exact) mass is 453 g/mol. The lowest BCUT2D eigenvalue weighted by Crippen LogP contribution is -2.48. The molecule has 2 aromatic rings. The first kappa shape index (κ1) is 22.2. The predicted octanol–water partition coefficient (Wildman–Crippen LogP) is 3.82. The Kier molecular flexibility index (Phi) is 5.67. The van der Waals surface area contributed by atoms with Gasteiger partial charge in [-0.3, -0.25) is 0 Å². The first-order valence-corrected chi connectivity index (χ1v) is 10.1. The van der Waals surface area contributed by atoms with Crippen LogP contribution in [-0.2, 0) is 22.4 Å². The van der Waals surface area contributed by atoms with Gasteiger partial charge in [0.05, 0.1) is 16.0 Å². The Hall–Kier alpha value is -2.47. The Balaban J connectivity index is 1.83. The maximum Gasteiger partial charge on any atom is 0.416 e. The second-order valence-corrected chi connectivity index (χ2v) is 8.66. The van der Waals surface area contributed by atoms with Crippen LogP contribution in [0.3, 0.4) is 0 Å². The highest BCUT2D eigenvalue weighted by atomic mass is 32.2. The topological polar surface area (TPSA) is 66.6 Å². The van der Waals surface area contributed by atoms with E-state index in [4.69, 9.17) is 5.73 Å². The number of anilines is 2. The molecule has 0 radical (unpaired) electrons. The molecule has 30 heavy (non-hydrogen) atoms. The minimum Gasteiger partial charge on any atom is -0.399 e. The van der Waals surface area contributed by atoms with Crippen molar-refractivity contribution in [2.24, 2.45) is 0 Å². The summed E-state index contributed by atoms with van der Waals surface area (Å²) in [7, 11) is -3.86. The quantitative estimate of drug-likeness (QED) is 0.567. The molecule has 1 aliphatic rings. The highest BCUT2D eigenvalue weighted by Gasteiger charge is 2.38. The van der Waals surface area contributed by atoms with Gasteiger partial charge in [0.25, 0.3) is 0 Å². The Morgan fingerprint density at radius 3 is 1.67 bits per heavy atom. The molecule has 2 aromatic carbocycles. The maximum atomic E-state index is 13.1. The zero-order valence-electron chi connectivity index (χ0n) is 15.3. The third kappa shape index (κ3) is 4.64. The van der Waals surface area contributed by atoms with Crippen molar-refractivity contribution in [2.45, 2.75) is 17.2 Å². The van der Waals surface area contributed by atoms with E-state index in [1.807, 2.05) is 0 Å². The smallest absolute Gasteiger partial charge is 0.399 e. The van der Waals surface area contributed by atoms with Crippen LogP contribution < -0.4 is 10.6 Å². The fourth-order valence-corrected chi connectivity index (χ4v) is 4.52. The molecule has 12 heteroatoms. The van der Waals surface area contributed by atoms with Crippen LogP contribution in [0.15, 0.2) is 47.4 Å². The van der Waals surface area contributed by atoms with Crippen molar-refractivity contribution in [1.29, 1.82) is 0 Å². The molecule has 0 spiro atoms. The van der Waals surface area contributed by atoms with E-state index in [2.05, 4.69) is 0 Å². The summed E-state index contributed by atoms with van der Waals surface area (Å²) in [6, 6.07) is 6.85. The number of piperazine rings is 1. The molecule has 2 N–H and O–H groups in total. The van der Waals surface area contributed by atoms with E-state index in [0.717, 1.165) is 4.31 Å². The number of benzene rings is 2. The molecule has 1 aliphatic heterocycles. The normalized spacial score (nSPS) is 16.7. The second-order valence-electron chi connectivity index (χ2n) is 6.72. The summed E-state index contributed by atoms with van der Waals surface area (Å²) in [5, 5.41) is 0. The summed E-state index contributed by atoms with van der Waals surface area (Å²) in [5.41, 5.74) is 2.83. The zero-order valence-corrected chi connectivity index (χ0v) is 16.2. The Morgan fingerprint density at radius 1 is 0.767 bits per heavy atom. The highest BCUT2D eigenvalue weighted by molar-refractivity contribution is 7.89. The number of alkyl halides is 6. The Morgan fingerprint density at radius 2 is 1.23 bits per heavy atom. The van der Waals surface area contributed by atoms with E-state index in [1.165, 1.54) is 29.2 Å². The van der Waals surface area contributed by atoms with E-state index in [9.17, 15) is 34.8 Å². The first-order chi connectivity index (χ1) is 13.8. The third-order valence-electron chi connectivity index (χ3n) is 4.69. The lowest BCUT2D eigenvalue weighted by molar-refractivity contribution is -0.143. The molecule has 0 aliphatic carbocycles. The maximum absolute atomic E-state index is 13.1. The van der Waals surface area contributed by atoms with Crippen molar-refractivity contribution in [1.82, 2.24) is 4.31 Å². The molecule has 3 rings (SSSR count). The number of sulfonamides is 1. The van der Waals surface area contributed by atoms with E-state index in [1.54, 1.807) is 0 Å². The van der Waals surface area contributed by atoms with Gasteiger partial charge in [0, 0.05) is 37.6 Å². The number of nitrogens with zero attached hydrogens (tertiary/aromatic N) is 2. The molecule has 0 atom stereocenters. The summed E-state index contributed by atoms with van der Waals surface area (Å²) in [4.78, 5) is 1.31. The van der Waals surface area contributed by atoms with E-state index < -0.39 is 33.5 Å². The fourth-order valence-electron chi connectivity index (χ4n) is 3.10. The Bertz CT molecular complexity index is 979. The van der Waals surface area contributed by atoms with Crippen LogP contribution in [0, 0.1) is 0 Å². The molecule has 5 nitrogen and oxygen atoms in total. The van der Waals surface area contributed by atoms with Crippen molar-refractivity contribution in [2.75, 3.05) is 36.8 Å². The van der Waals surface area contributed by atoms with Crippen LogP contribution in [0.1, 0.15) is 11.1 Å². The lowest BCUT2D eigenvalue weighted by Gasteiger charge is -2.36. The average Bonchev–Trinajstić information content (AvgIpc) is 2.67. The first-order valence-electron chi connectivity index (χ1n) is 8.68. The van der Waals surface area contributed by atoms with Crippen LogP contribution >= 0.6 is 0 Å². The molecule has 164 valence electrons. The minimum atomic E-state index is -4.95. The van der Waals surface area contributed by atoms with Gasteiger partial charge in [-0.1, -0.05) is 0 Å². The van der Waals surface area contributed by atoms with Crippen LogP contribution in [-0.4, -0.2) is 38.9 Å². The zero-order chi connectivity index (χ0) is 22.3. The number of halogens is 6. The molecular weight excluding hydrogens is 436 g/mol. The van der Waals surface area contributed by atoms with Crippen molar-refractivity contribution in [3.05, 3.63) is 53.6 Å². The van der Waals surface area contributed by atoms with Crippen molar-refractivity contribution in [3.63, 3.8) is 0 Å². The second kappa shape index (κ2) is 7.65. The van der Waals surface area contributed by atoms with Gasteiger partial charge in [0.1, 0.15) is 0 Å². The molecule has 0 unspecified atom stereocenters. The molecule has 1 fully saturated rings. The molecule has 1 saturated heterocycles. The molecular formula is C18H17F6N3O2S. The van der Waals surface area contributed by atoms with Gasteiger partial charge >= 0.3 is 12.4 Å². The van der Waals surface area contributed by atoms with Crippen molar-refractivity contribution >= 4 is 21.4 Å². The summed E-state index contributed by atoms with van der Waals surface area (Å²) in [6.07, 6.45) is -9.90. The number of hydrogen-bond donors (Lipinski definition) is 1. The SMILES string of the molecule is Nc1ccc(S(=O)(=O)N2CCN(c3cc(C(F)(F)F)cc(C(F)(F)F)c3)CC2)cc1. The number of nitrogen functional groups attached to an aromatic ring is 1. The van der Waals surface area contributed by atoms with Gasteiger partial charge in [0.15, 0.2) is 0 Å². The summed E-state index contributed by atoms with van der Waals surface area (Å²) < 4.78 is 105. The van der Waals surface area contributed by atoms with Crippen molar-refractivity contribution < 1.29 is 34.8 Å². The minimum absolute atomic E-state index is 0.00331. The molecule has 0 saturated carbocycles. The molecule has 0 bridgehead atoms. The number of rotatable bonds is 3. The van der Waals surface area contributed by atoms with Gasteiger partial charge < -0.3 is 10.6 Å². The van der Waals surface area contributed by atoms with Crippen LogP contribution in [0.2, 0.25) is 0 Å². The number of nitrogens with two attached hydrogens (primary N) is 1. The molecule has 1 heterocycles.